The first-order valence-electron chi connectivity index (χ1n) is 2.59. The zero-order valence-electron chi connectivity index (χ0n) is 5.35. The molecule has 0 aliphatic rings. The average molecular weight is 178 g/mol. The molecule has 0 spiro atoms. The van der Waals surface area contributed by atoms with Crippen LogP contribution in [0.4, 0.5) is 9.59 Å². The van der Waals surface area contributed by atoms with E-state index in [9.17, 15) is 18.0 Å². The Morgan fingerprint density at radius 3 is 2.18 bits per heavy atom. The molecule has 6 nitrogen and oxygen atoms in total. The van der Waals surface area contributed by atoms with Crippen LogP contribution >= 0.6 is 0 Å². The molecule has 0 bridgehead atoms. The van der Waals surface area contributed by atoms with Gasteiger partial charge in [-0.3, -0.25) is 9.59 Å². The highest BCUT2D eigenvalue weighted by Gasteiger charge is 2.11. The smallest absolute Gasteiger partial charge is 0.300 e. The average Bonchev–Trinajstić information content (AvgIpc) is 1.82. The molecule has 0 radical (unpaired) electrons. The number of thiol groups is 1. The van der Waals surface area contributed by atoms with Crippen LogP contribution in [-0.2, 0) is 15.2 Å². The minimum Gasteiger partial charge on any atom is -0.490 e. The van der Waals surface area contributed by atoms with Crippen molar-refractivity contribution in [2.75, 3.05) is 0 Å². The summed E-state index contributed by atoms with van der Waals surface area (Å²) in [6, 6.07) is 0. The minimum atomic E-state index is -3.21. The van der Waals surface area contributed by atoms with Crippen molar-refractivity contribution in [1.82, 2.24) is 0 Å². The predicted molar refractivity (Wildman–Crippen MR) is 39.1 cm³/mol. The zero-order chi connectivity index (χ0) is 8.85. The van der Waals surface area contributed by atoms with E-state index in [1.54, 1.807) is 0 Å². The quantitative estimate of drug-likeness (QED) is 0.385. The molecule has 0 aliphatic carbocycles. The summed E-state index contributed by atoms with van der Waals surface area (Å²) in [5, 5.41) is 8.04. The van der Waals surface area contributed by atoms with Crippen LogP contribution in [0.25, 0.3) is 0 Å². The Balaban J connectivity index is 3.62. The van der Waals surface area contributed by atoms with E-state index >= 15 is 0 Å². The van der Waals surface area contributed by atoms with Gasteiger partial charge in [-0.05, 0) is 0 Å². The second-order valence-electron chi connectivity index (χ2n) is 1.58. The maximum atomic E-state index is 10.3. The van der Waals surface area contributed by atoms with Crippen molar-refractivity contribution in [2.24, 2.45) is 0 Å². The molecule has 11 heavy (non-hydrogen) atoms. The Kier molecular flexibility index (Phi) is 4.35. The summed E-state index contributed by atoms with van der Waals surface area (Å²) >= 11 is 0. The van der Waals surface area contributed by atoms with Gasteiger partial charge in [-0.15, -0.1) is 0 Å². The van der Waals surface area contributed by atoms with Gasteiger partial charge in [0.1, 0.15) is 0 Å². The molecule has 0 saturated carbocycles. The Hall–Kier alpha value is -0.980. The maximum absolute atomic E-state index is 10.3. The lowest BCUT2D eigenvalue weighted by atomic mass is 9.39. The number of rotatable bonds is 4. The Labute approximate surface area is 65.2 Å². The second kappa shape index (κ2) is 4.78. The molecule has 0 rings (SSSR count). The van der Waals surface area contributed by atoms with E-state index in [1.165, 1.54) is 0 Å². The Morgan fingerprint density at radius 2 is 1.82 bits per heavy atom. The monoisotopic (exact) mass is 178 g/mol. The third-order valence-electron chi connectivity index (χ3n) is 0.719. The number of hydrogen-bond donors (Lipinski definition) is 2. The van der Waals surface area contributed by atoms with Gasteiger partial charge >= 0.3 is 11.0 Å². The van der Waals surface area contributed by atoms with E-state index in [0.717, 1.165) is 0 Å². The Bertz CT molecular complexity index is 225. The molecule has 0 saturated heterocycles. The van der Waals surface area contributed by atoms with Crippen LogP contribution in [0.15, 0.2) is 0 Å². The summed E-state index contributed by atoms with van der Waals surface area (Å²) in [5.74, 6) is -2.23. The van der Waals surface area contributed by atoms with Gasteiger partial charge in [-0.25, -0.2) is 0 Å². The van der Waals surface area contributed by atoms with E-state index < -0.39 is 37.1 Å². The van der Waals surface area contributed by atoms with Gasteiger partial charge in [0.2, 0.25) is 20.2 Å². The normalized spacial score (nSPS) is 8.82. The van der Waals surface area contributed by atoms with Gasteiger partial charge in [0.25, 0.3) is 5.87 Å². The lowest BCUT2D eigenvalue weighted by molar-refractivity contribution is 0.219. The van der Waals surface area contributed by atoms with E-state index in [2.05, 4.69) is 4.18 Å². The highest BCUT2D eigenvalue weighted by atomic mass is 32.2. The van der Waals surface area contributed by atoms with Crippen LogP contribution in [0, 0.1) is 0 Å². The zero-order valence-corrected chi connectivity index (χ0v) is 6.24. The summed E-state index contributed by atoms with van der Waals surface area (Å²) in [6.07, 6.45) is 0. The highest BCUT2D eigenvalue weighted by Crippen LogP contribution is 1.78. The van der Waals surface area contributed by atoms with Crippen molar-refractivity contribution in [1.29, 1.82) is 0 Å². The van der Waals surface area contributed by atoms with Gasteiger partial charge in [0, 0.05) is 0 Å². The van der Waals surface area contributed by atoms with Crippen molar-refractivity contribution in [3.8, 4) is 0 Å². The minimum absolute atomic E-state index is 0.429. The van der Waals surface area contributed by atoms with Crippen LogP contribution in [-0.4, -0.2) is 39.6 Å². The lowest BCUT2D eigenvalue weighted by Crippen LogP contribution is -2.23. The SMILES string of the molecule is O=C(O)BBC(=O)O[SH](=O)=O. The molecule has 1 N–H and O–H groups in total. The molecule has 60 valence electrons. The molecule has 0 unspecified atom stereocenters. The van der Waals surface area contributed by atoms with E-state index in [0.29, 0.717) is 0 Å². The van der Waals surface area contributed by atoms with Gasteiger partial charge in [0.05, 0.1) is 0 Å². The fraction of sp³-hybridized carbons (Fsp3) is 0. The molecule has 0 atom stereocenters. The molecule has 9 heteroatoms. The summed E-state index contributed by atoms with van der Waals surface area (Å²) < 4.78 is 23.1. The first-order chi connectivity index (χ1) is 5.02. The third-order valence-corrected chi connectivity index (χ3v) is 1.07. The fourth-order valence-electron chi connectivity index (χ4n) is 0.338. The number of carbonyl (C=O) groups excluding carboxylic acids is 1. The molecule has 0 aromatic carbocycles. The summed E-state index contributed by atoms with van der Waals surface area (Å²) in [7, 11) is -4.07. The van der Waals surface area contributed by atoms with Crippen molar-refractivity contribution in [3.05, 3.63) is 0 Å². The van der Waals surface area contributed by atoms with Crippen molar-refractivity contribution >= 4 is 37.1 Å². The number of carboxylic acid groups (broad SMARTS) is 1. The molecule has 0 fully saturated rings. The fourth-order valence-corrected chi connectivity index (χ4v) is 0.595. The number of carbonyl (C=O) groups is 2. The molecule has 0 aliphatic heterocycles. The molecule has 0 amide bonds. The van der Waals surface area contributed by atoms with Crippen LogP contribution in [0.2, 0.25) is 0 Å². The maximum Gasteiger partial charge on any atom is 0.300 e. The number of hydrogen-bond acceptors (Lipinski definition) is 5. The summed E-state index contributed by atoms with van der Waals surface area (Å²) in [5.41, 5.74) is 0. The molecule has 0 aromatic heterocycles. The van der Waals surface area contributed by atoms with Crippen molar-refractivity contribution in [2.45, 2.75) is 0 Å². The van der Waals surface area contributed by atoms with Crippen molar-refractivity contribution in [3.63, 3.8) is 0 Å². The van der Waals surface area contributed by atoms with Gasteiger partial charge < -0.3 is 9.29 Å². The molecular weight excluding hydrogens is 174 g/mol. The Morgan fingerprint density at radius 1 is 1.27 bits per heavy atom. The topological polar surface area (TPSA) is 97.7 Å². The van der Waals surface area contributed by atoms with E-state index in [-0.39, 0.29) is 0 Å². The molecular formula is C2H4B2O6S. The molecule has 0 heterocycles. The van der Waals surface area contributed by atoms with E-state index in [4.69, 9.17) is 5.11 Å². The largest absolute Gasteiger partial charge is 0.490 e. The predicted octanol–water partition coefficient (Wildman–Crippen LogP) is -1.88. The van der Waals surface area contributed by atoms with E-state index in [1.807, 2.05) is 0 Å². The highest BCUT2D eigenvalue weighted by molar-refractivity contribution is 7.68. The third kappa shape index (κ3) is 6.91. The van der Waals surface area contributed by atoms with Gasteiger partial charge in [-0.2, -0.15) is 8.42 Å². The van der Waals surface area contributed by atoms with Gasteiger partial charge in [-0.1, -0.05) is 0 Å². The van der Waals surface area contributed by atoms with Crippen molar-refractivity contribution < 1.29 is 27.3 Å². The van der Waals surface area contributed by atoms with Crippen LogP contribution in [0.1, 0.15) is 0 Å². The first kappa shape index (κ1) is 10.0. The summed E-state index contributed by atoms with van der Waals surface area (Å²) in [4.78, 5) is 20.1. The van der Waals surface area contributed by atoms with Crippen LogP contribution in [0.5, 0.6) is 0 Å². The van der Waals surface area contributed by atoms with Crippen LogP contribution < -0.4 is 0 Å². The first-order valence-corrected chi connectivity index (χ1v) is 3.69. The van der Waals surface area contributed by atoms with Gasteiger partial charge in [0.15, 0.2) is 0 Å². The standard InChI is InChI=1S/C2H4B2O6S/c5-1(6)3-4-2(7)10-11(8)9/h3-4,11H,(H,5,6). The second-order valence-corrected chi connectivity index (χ2v) is 2.21. The molecule has 0 aromatic rings. The summed E-state index contributed by atoms with van der Waals surface area (Å²) in [6.45, 7) is 0. The van der Waals surface area contributed by atoms with Crippen LogP contribution in [0.3, 0.4) is 0 Å². The lowest BCUT2D eigenvalue weighted by Gasteiger charge is -1.89.